The predicted molar refractivity (Wildman–Crippen MR) is 77.8 cm³/mol. The molecule has 1 saturated carbocycles. The van der Waals surface area contributed by atoms with Gasteiger partial charge in [-0.05, 0) is 36.8 Å². The zero-order valence-electron chi connectivity index (χ0n) is 10.8. The van der Waals surface area contributed by atoms with Gasteiger partial charge in [0, 0.05) is 12.5 Å². The number of nitrogens with zero attached hydrogens (tertiary/aromatic N) is 1. The number of rotatable bonds is 3. The molecular weight excluding hydrogens is 240 g/mol. The largest absolute Gasteiger partial charge is 0.327 e. The van der Waals surface area contributed by atoms with E-state index in [-0.39, 0.29) is 6.04 Å². The Morgan fingerprint density at radius 2 is 2.22 bits per heavy atom. The molecule has 0 saturated heterocycles. The van der Waals surface area contributed by atoms with Crippen molar-refractivity contribution in [3.63, 3.8) is 0 Å². The molecule has 2 aromatic rings. The minimum absolute atomic E-state index is 0.288. The average molecular weight is 260 g/mol. The van der Waals surface area contributed by atoms with Crippen LogP contribution in [-0.4, -0.2) is 11.0 Å². The van der Waals surface area contributed by atoms with Crippen LogP contribution in [0.1, 0.15) is 31.2 Å². The lowest BCUT2D eigenvalue weighted by atomic mass is 9.95. The van der Waals surface area contributed by atoms with Gasteiger partial charge >= 0.3 is 0 Å². The summed E-state index contributed by atoms with van der Waals surface area (Å²) in [6.07, 6.45) is 4.88. The third-order valence-electron chi connectivity index (χ3n) is 4.09. The normalized spacial score (nSPS) is 25.7. The number of fused-ring (bicyclic) bond motifs is 1. The van der Waals surface area contributed by atoms with Crippen molar-refractivity contribution in [1.82, 2.24) is 4.98 Å². The summed E-state index contributed by atoms with van der Waals surface area (Å²) in [5.74, 6) is 1.56. The van der Waals surface area contributed by atoms with E-state index >= 15 is 0 Å². The highest BCUT2D eigenvalue weighted by Crippen LogP contribution is 2.33. The Morgan fingerprint density at radius 1 is 1.39 bits per heavy atom. The number of hydrogen-bond donors (Lipinski definition) is 1. The number of hydrogen-bond acceptors (Lipinski definition) is 3. The number of thiazole rings is 1. The van der Waals surface area contributed by atoms with Crippen LogP contribution in [0.2, 0.25) is 0 Å². The number of para-hydroxylation sites is 1. The van der Waals surface area contributed by atoms with Gasteiger partial charge in [0.15, 0.2) is 0 Å². The Labute approximate surface area is 112 Å². The third-order valence-corrected chi connectivity index (χ3v) is 5.15. The number of benzene rings is 1. The quantitative estimate of drug-likeness (QED) is 0.915. The smallest absolute Gasteiger partial charge is 0.0954 e. The van der Waals surface area contributed by atoms with E-state index in [4.69, 9.17) is 5.73 Å². The molecule has 0 bridgehead atoms. The van der Waals surface area contributed by atoms with Gasteiger partial charge in [-0.1, -0.05) is 25.5 Å². The van der Waals surface area contributed by atoms with Gasteiger partial charge in [0.25, 0.3) is 0 Å². The molecule has 2 nitrogen and oxygen atoms in total. The van der Waals surface area contributed by atoms with E-state index in [0.29, 0.717) is 5.92 Å². The predicted octanol–water partition coefficient (Wildman–Crippen LogP) is 3.60. The first kappa shape index (κ1) is 12.1. The van der Waals surface area contributed by atoms with E-state index in [0.717, 1.165) is 17.9 Å². The van der Waals surface area contributed by atoms with Crippen LogP contribution in [0.4, 0.5) is 0 Å². The van der Waals surface area contributed by atoms with Gasteiger partial charge in [0.05, 0.1) is 15.2 Å². The highest BCUT2D eigenvalue weighted by molar-refractivity contribution is 7.18. The number of nitrogens with two attached hydrogens (primary N) is 1. The molecule has 1 fully saturated rings. The molecule has 0 spiro atoms. The van der Waals surface area contributed by atoms with Gasteiger partial charge in [-0.15, -0.1) is 11.3 Å². The van der Waals surface area contributed by atoms with E-state index in [1.54, 1.807) is 11.3 Å². The Kier molecular flexibility index (Phi) is 3.35. The second-order valence-electron chi connectivity index (χ2n) is 5.62. The summed E-state index contributed by atoms with van der Waals surface area (Å²) in [5.41, 5.74) is 7.48. The fourth-order valence-corrected chi connectivity index (χ4v) is 4.05. The summed E-state index contributed by atoms with van der Waals surface area (Å²) in [5, 5.41) is 1.20. The van der Waals surface area contributed by atoms with Crippen LogP contribution in [0, 0.1) is 11.8 Å². The molecule has 1 aliphatic carbocycles. The van der Waals surface area contributed by atoms with Crippen LogP contribution < -0.4 is 5.73 Å². The fraction of sp³-hybridized carbons (Fsp3) is 0.533. The van der Waals surface area contributed by atoms with Crippen molar-refractivity contribution >= 4 is 21.6 Å². The molecule has 1 heterocycles. The van der Waals surface area contributed by atoms with Crippen molar-refractivity contribution in [2.75, 3.05) is 0 Å². The van der Waals surface area contributed by atoms with E-state index in [9.17, 15) is 0 Å². The molecule has 1 aromatic carbocycles. The van der Waals surface area contributed by atoms with Crippen molar-refractivity contribution in [2.24, 2.45) is 17.6 Å². The van der Waals surface area contributed by atoms with Crippen molar-refractivity contribution in [3.05, 3.63) is 29.3 Å². The third kappa shape index (κ3) is 2.43. The maximum Gasteiger partial charge on any atom is 0.0954 e. The standard InChI is InChI=1S/C15H20N2S/c1-10-6-7-11(8-10)12(16)9-15-17-13-4-2-3-5-14(13)18-15/h2-5,10-12H,6-9,16H2,1H3. The first-order valence-corrected chi connectivity index (χ1v) is 7.64. The molecule has 18 heavy (non-hydrogen) atoms. The summed E-state index contributed by atoms with van der Waals surface area (Å²) in [4.78, 5) is 4.68. The minimum Gasteiger partial charge on any atom is -0.327 e. The van der Waals surface area contributed by atoms with Crippen LogP contribution in [0.25, 0.3) is 10.2 Å². The maximum absolute atomic E-state index is 6.36. The Hall–Kier alpha value is -0.930. The Bertz CT molecular complexity index is 501. The molecule has 1 aromatic heterocycles. The Balaban J connectivity index is 1.71. The molecule has 0 aliphatic heterocycles. The van der Waals surface area contributed by atoms with Crippen molar-refractivity contribution in [1.29, 1.82) is 0 Å². The molecule has 96 valence electrons. The van der Waals surface area contributed by atoms with Gasteiger partial charge < -0.3 is 5.73 Å². The van der Waals surface area contributed by atoms with E-state index in [2.05, 4.69) is 30.1 Å². The second kappa shape index (κ2) is 4.98. The maximum atomic E-state index is 6.36. The van der Waals surface area contributed by atoms with Crippen molar-refractivity contribution < 1.29 is 0 Å². The highest BCUT2D eigenvalue weighted by atomic mass is 32.1. The van der Waals surface area contributed by atoms with Crippen LogP contribution in [0.15, 0.2) is 24.3 Å². The minimum atomic E-state index is 0.288. The molecule has 2 N–H and O–H groups in total. The topological polar surface area (TPSA) is 38.9 Å². The van der Waals surface area contributed by atoms with Gasteiger partial charge in [0.1, 0.15) is 0 Å². The van der Waals surface area contributed by atoms with Crippen LogP contribution in [-0.2, 0) is 6.42 Å². The first-order valence-electron chi connectivity index (χ1n) is 6.82. The molecule has 0 amide bonds. The van der Waals surface area contributed by atoms with Crippen molar-refractivity contribution in [3.8, 4) is 0 Å². The summed E-state index contributed by atoms with van der Waals surface area (Å²) in [6.45, 7) is 2.34. The lowest BCUT2D eigenvalue weighted by Gasteiger charge is -2.17. The average Bonchev–Trinajstić information content (AvgIpc) is 2.94. The first-order chi connectivity index (χ1) is 8.72. The second-order valence-corrected chi connectivity index (χ2v) is 6.74. The molecule has 3 heteroatoms. The summed E-state index contributed by atoms with van der Waals surface area (Å²) in [6, 6.07) is 8.63. The molecular formula is C15H20N2S. The van der Waals surface area contributed by atoms with Gasteiger partial charge in [-0.25, -0.2) is 4.98 Å². The van der Waals surface area contributed by atoms with Crippen LogP contribution >= 0.6 is 11.3 Å². The van der Waals surface area contributed by atoms with E-state index in [1.807, 2.05) is 6.07 Å². The van der Waals surface area contributed by atoms with E-state index < -0.39 is 0 Å². The summed E-state index contributed by atoms with van der Waals surface area (Å²) >= 11 is 1.79. The zero-order chi connectivity index (χ0) is 12.5. The summed E-state index contributed by atoms with van der Waals surface area (Å²) < 4.78 is 1.28. The van der Waals surface area contributed by atoms with Gasteiger partial charge in [-0.2, -0.15) is 0 Å². The number of aromatic nitrogens is 1. The van der Waals surface area contributed by atoms with Gasteiger partial charge in [0.2, 0.25) is 0 Å². The molecule has 3 rings (SSSR count). The fourth-order valence-electron chi connectivity index (χ4n) is 3.02. The molecule has 3 unspecified atom stereocenters. The van der Waals surface area contributed by atoms with Crippen molar-refractivity contribution in [2.45, 2.75) is 38.6 Å². The lowest BCUT2D eigenvalue weighted by molar-refractivity contribution is 0.415. The van der Waals surface area contributed by atoms with Crippen LogP contribution in [0.3, 0.4) is 0 Å². The monoisotopic (exact) mass is 260 g/mol. The van der Waals surface area contributed by atoms with Crippen LogP contribution in [0.5, 0.6) is 0 Å². The molecule has 3 atom stereocenters. The summed E-state index contributed by atoms with van der Waals surface area (Å²) in [7, 11) is 0. The lowest BCUT2D eigenvalue weighted by Crippen LogP contribution is -2.30. The Morgan fingerprint density at radius 3 is 2.94 bits per heavy atom. The van der Waals surface area contributed by atoms with E-state index in [1.165, 1.54) is 29.0 Å². The SMILES string of the molecule is CC1CCC(C(N)Cc2nc3ccccc3s2)C1. The zero-order valence-corrected chi connectivity index (χ0v) is 11.6. The van der Waals surface area contributed by atoms with Gasteiger partial charge in [-0.3, -0.25) is 0 Å². The molecule has 0 radical (unpaired) electrons. The molecule has 1 aliphatic rings. The highest BCUT2D eigenvalue weighted by Gasteiger charge is 2.27.